The summed E-state index contributed by atoms with van der Waals surface area (Å²) >= 11 is 1.37. The number of nitrogens with one attached hydrogen (secondary N) is 2. The molecule has 0 aliphatic carbocycles. The molecule has 0 radical (unpaired) electrons. The van der Waals surface area contributed by atoms with E-state index in [-0.39, 0.29) is 17.6 Å². The van der Waals surface area contributed by atoms with Crippen molar-refractivity contribution in [2.75, 3.05) is 37.5 Å². The van der Waals surface area contributed by atoms with Crippen molar-refractivity contribution in [1.82, 2.24) is 15.1 Å². The third-order valence-electron chi connectivity index (χ3n) is 5.75. The number of primary amides is 1. The number of thioether (sulfide) groups is 1. The Hall–Kier alpha value is -2.95. The third-order valence-corrected chi connectivity index (χ3v) is 6.28. The molecule has 4 N–H and O–H groups in total. The Bertz CT molecular complexity index is 882. The van der Waals surface area contributed by atoms with Gasteiger partial charge in [0.05, 0.1) is 18.9 Å². The molecule has 2 aliphatic rings. The molecule has 2 saturated heterocycles. The second-order valence-electron chi connectivity index (χ2n) is 7.78. The molecular weight excluding hydrogens is 434 g/mol. The zero-order chi connectivity index (χ0) is 23.3. The van der Waals surface area contributed by atoms with Crippen LogP contribution >= 0.6 is 11.8 Å². The van der Waals surface area contributed by atoms with Gasteiger partial charge in [0.2, 0.25) is 17.7 Å². The Morgan fingerprint density at radius 3 is 2.66 bits per heavy atom. The van der Waals surface area contributed by atoms with E-state index in [2.05, 4.69) is 10.6 Å². The molecule has 2 fully saturated rings. The number of carbonyl (C=O) groups excluding carboxylic acids is 4. The Labute approximate surface area is 191 Å². The van der Waals surface area contributed by atoms with Crippen molar-refractivity contribution in [3.05, 3.63) is 24.3 Å². The summed E-state index contributed by atoms with van der Waals surface area (Å²) in [7, 11) is 1.53. The first-order chi connectivity index (χ1) is 15.3. The molecule has 0 spiro atoms. The van der Waals surface area contributed by atoms with Gasteiger partial charge in [0, 0.05) is 24.8 Å². The van der Waals surface area contributed by atoms with Gasteiger partial charge in [-0.3, -0.25) is 14.4 Å². The van der Waals surface area contributed by atoms with Crippen molar-refractivity contribution >= 4 is 41.2 Å². The molecule has 0 saturated carbocycles. The lowest BCUT2D eigenvalue weighted by Gasteiger charge is -2.33. The largest absolute Gasteiger partial charge is 0.497 e. The number of hydrogen-bond acceptors (Lipinski definition) is 6. The number of amides is 5. The summed E-state index contributed by atoms with van der Waals surface area (Å²) in [5.74, 6) is -0.271. The van der Waals surface area contributed by atoms with E-state index >= 15 is 0 Å². The van der Waals surface area contributed by atoms with Crippen molar-refractivity contribution in [1.29, 1.82) is 0 Å². The molecule has 32 heavy (non-hydrogen) atoms. The van der Waals surface area contributed by atoms with Crippen molar-refractivity contribution in [3.63, 3.8) is 0 Å². The van der Waals surface area contributed by atoms with Gasteiger partial charge >= 0.3 is 6.03 Å². The van der Waals surface area contributed by atoms with Crippen LogP contribution < -0.4 is 21.1 Å². The highest BCUT2D eigenvalue weighted by Gasteiger charge is 2.46. The number of hydrogen-bond donors (Lipinski definition) is 3. The molecule has 1 aromatic carbocycles. The molecule has 2 heterocycles. The van der Waals surface area contributed by atoms with E-state index in [1.54, 1.807) is 24.3 Å². The van der Waals surface area contributed by atoms with Crippen LogP contribution in [0.2, 0.25) is 0 Å². The van der Waals surface area contributed by atoms with E-state index in [0.717, 1.165) is 0 Å². The number of urea groups is 1. The minimum absolute atomic E-state index is 0.178. The first kappa shape index (κ1) is 23.7. The maximum Gasteiger partial charge on any atom is 0.319 e. The molecule has 3 rings (SSSR count). The number of nitrogens with zero attached hydrogens (tertiary/aromatic N) is 2. The number of anilines is 1. The Morgan fingerprint density at radius 2 is 1.97 bits per heavy atom. The van der Waals surface area contributed by atoms with Gasteiger partial charge < -0.3 is 30.9 Å². The predicted octanol–water partition coefficient (Wildman–Crippen LogP) is 0.626. The van der Waals surface area contributed by atoms with E-state index in [0.29, 0.717) is 43.8 Å². The lowest BCUT2D eigenvalue weighted by Crippen LogP contribution is -2.58. The molecule has 0 bridgehead atoms. The van der Waals surface area contributed by atoms with Crippen molar-refractivity contribution in [3.8, 4) is 5.75 Å². The van der Waals surface area contributed by atoms with Gasteiger partial charge in [0.25, 0.3) is 0 Å². The number of ether oxygens (including phenoxy) is 1. The predicted molar refractivity (Wildman–Crippen MR) is 121 cm³/mol. The summed E-state index contributed by atoms with van der Waals surface area (Å²) in [6.07, 6.45) is 3.41. The first-order valence-electron chi connectivity index (χ1n) is 10.5. The smallest absolute Gasteiger partial charge is 0.319 e. The number of rotatable bonds is 7. The molecule has 0 aromatic heterocycles. The van der Waals surface area contributed by atoms with Gasteiger partial charge in [-0.25, -0.2) is 4.79 Å². The quantitative estimate of drug-likeness (QED) is 0.543. The highest BCUT2D eigenvalue weighted by atomic mass is 32.2. The first-order valence-corrected chi connectivity index (χ1v) is 11.8. The average molecular weight is 464 g/mol. The number of nitrogens with two attached hydrogens (primary N) is 1. The maximum atomic E-state index is 13.4. The molecule has 0 unspecified atom stereocenters. The van der Waals surface area contributed by atoms with Crippen LogP contribution in [0.1, 0.15) is 19.3 Å². The van der Waals surface area contributed by atoms with Crippen LogP contribution in [0.25, 0.3) is 0 Å². The molecular formula is C21H29N5O5S. The van der Waals surface area contributed by atoms with Gasteiger partial charge in [0.1, 0.15) is 17.8 Å². The summed E-state index contributed by atoms with van der Waals surface area (Å²) in [6, 6.07) is 4.24. The summed E-state index contributed by atoms with van der Waals surface area (Å²) in [4.78, 5) is 53.6. The zero-order valence-corrected chi connectivity index (χ0v) is 19.0. The molecule has 11 heteroatoms. The van der Waals surface area contributed by atoms with Crippen LogP contribution in [0.4, 0.5) is 10.5 Å². The fourth-order valence-electron chi connectivity index (χ4n) is 4.27. The fraction of sp³-hybridized carbons (Fsp3) is 0.524. The lowest BCUT2D eigenvalue weighted by molar-refractivity contribution is -0.145. The van der Waals surface area contributed by atoms with Crippen molar-refractivity contribution in [2.45, 2.75) is 37.4 Å². The maximum absolute atomic E-state index is 13.4. The molecule has 5 amide bonds. The van der Waals surface area contributed by atoms with E-state index in [1.807, 2.05) is 6.26 Å². The second kappa shape index (κ2) is 10.6. The molecule has 174 valence electrons. The minimum atomic E-state index is -0.884. The molecule has 3 atom stereocenters. The molecule has 10 nitrogen and oxygen atoms in total. The van der Waals surface area contributed by atoms with Crippen LogP contribution in [-0.4, -0.2) is 83.9 Å². The minimum Gasteiger partial charge on any atom is -0.497 e. The van der Waals surface area contributed by atoms with E-state index in [1.165, 1.54) is 28.7 Å². The molecule has 1 aromatic rings. The fourth-order valence-corrected chi connectivity index (χ4v) is 4.68. The number of likely N-dealkylation sites (tertiary alicyclic amines) is 2. The number of methoxy groups -OCH3 is 1. The van der Waals surface area contributed by atoms with E-state index in [4.69, 9.17) is 10.5 Å². The van der Waals surface area contributed by atoms with Gasteiger partial charge in [-0.1, -0.05) is 6.07 Å². The van der Waals surface area contributed by atoms with E-state index in [9.17, 15) is 19.2 Å². The summed E-state index contributed by atoms with van der Waals surface area (Å²) in [5.41, 5.74) is 6.02. The highest BCUT2D eigenvalue weighted by Crippen LogP contribution is 2.26. The van der Waals surface area contributed by atoms with Gasteiger partial charge in [-0.05, 0) is 37.7 Å². The van der Waals surface area contributed by atoms with Crippen LogP contribution in [-0.2, 0) is 14.4 Å². The summed E-state index contributed by atoms with van der Waals surface area (Å²) < 4.78 is 5.16. The van der Waals surface area contributed by atoms with Crippen molar-refractivity contribution in [2.24, 2.45) is 5.73 Å². The van der Waals surface area contributed by atoms with Crippen molar-refractivity contribution < 1.29 is 23.9 Å². The second-order valence-corrected chi connectivity index (χ2v) is 8.65. The highest BCUT2D eigenvalue weighted by molar-refractivity contribution is 7.99. The van der Waals surface area contributed by atoms with Gasteiger partial charge in [-0.15, -0.1) is 0 Å². The average Bonchev–Trinajstić information content (AvgIpc) is 3.41. The van der Waals surface area contributed by atoms with E-state index < -0.39 is 30.1 Å². The lowest BCUT2D eigenvalue weighted by atomic mass is 10.1. The summed E-state index contributed by atoms with van der Waals surface area (Å²) in [5, 5.41) is 5.57. The van der Waals surface area contributed by atoms with Crippen LogP contribution in [0.15, 0.2) is 24.3 Å². The summed E-state index contributed by atoms with van der Waals surface area (Å²) in [6.45, 7) is 0.741. The normalized spacial score (nSPS) is 22.5. The standard InChI is InChI=1S/C21H29N5O5S/c1-31-14-6-3-5-13(11-14)23-21(30)24-15-8-10-26(17(27)12-32-2)18(15)20(29)25-9-4-7-16(25)19(22)28/h3,5-6,11,15-16,18H,4,7-10,12H2,1-2H3,(H2,22,28)(H2,23,24,30)/t15-,16-,18+/m1/s1. The van der Waals surface area contributed by atoms with Gasteiger partial charge in [0.15, 0.2) is 0 Å². The zero-order valence-electron chi connectivity index (χ0n) is 18.2. The SMILES string of the molecule is COc1cccc(NC(=O)N[C@@H]2CCN(C(=O)CSC)[C@@H]2C(=O)N2CCC[C@@H]2C(N)=O)c1. The van der Waals surface area contributed by atoms with Crippen LogP contribution in [0, 0.1) is 0 Å². The topological polar surface area (TPSA) is 134 Å². The van der Waals surface area contributed by atoms with Crippen LogP contribution in [0.3, 0.4) is 0 Å². The molecule has 2 aliphatic heterocycles. The Morgan fingerprint density at radius 1 is 1.19 bits per heavy atom. The third kappa shape index (κ3) is 5.26. The number of benzene rings is 1. The van der Waals surface area contributed by atoms with Gasteiger partial charge in [-0.2, -0.15) is 11.8 Å². The van der Waals surface area contributed by atoms with Crippen LogP contribution in [0.5, 0.6) is 5.75 Å². The monoisotopic (exact) mass is 463 g/mol. The Balaban J connectivity index is 1.76. The number of carbonyl (C=O) groups is 4. The Kier molecular flexibility index (Phi) is 7.84.